The molecule has 2 aromatic heterocycles. The van der Waals surface area contributed by atoms with Crippen LogP contribution in [0.15, 0.2) is 53.1 Å². The molecule has 3 aromatic rings. The smallest absolute Gasteiger partial charge is 0.334 e. The number of anilines is 1. The fourth-order valence-corrected chi connectivity index (χ4v) is 7.15. The van der Waals surface area contributed by atoms with Crippen LogP contribution in [0.25, 0.3) is 11.1 Å². The van der Waals surface area contributed by atoms with Crippen molar-refractivity contribution >= 4 is 39.4 Å². The molecule has 0 fully saturated rings. The van der Waals surface area contributed by atoms with Gasteiger partial charge in [-0.15, -0.1) is 11.3 Å². The van der Waals surface area contributed by atoms with E-state index in [1.165, 1.54) is 30.8 Å². The number of thiophene rings is 1. The Labute approximate surface area is 243 Å². The highest BCUT2D eigenvalue weighted by Gasteiger charge is 2.51. The average molecular weight is 589 g/mol. The number of Topliss-reactive ketones (excluding diaryl/α,β-unsaturated/α-hetero) is 1. The molecule has 0 radical (unpaired) electrons. The van der Waals surface area contributed by atoms with Crippen LogP contribution in [-0.2, 0) is 33.8 Å². The summed E-state index contributed by atoms with van der Waals surface area (Å²) < 4.78 is 34.6. The molecule has 0 amide bonds. The lowest BCUT2D eigenvalue weighted by atomic mass is 9.81. The monoisotopic (exact) mass is 588 g/mol. The van der Waals surface area contributed by atoms with Gasteiger partial charge in [0.05, 0.1) is 13.4 Å². The third kappa shape index (κ3) is 6.74. The Balaban J connectivity index is 1.96. The normalized spacial score (nSPS) is 14.3. The molecular formula is C30H40N2O6S2. The Morgan fingerprint density at radius 3 is 2.25 bits per heavy atom. The zero-order chi connectivity index (χ0) is 29.8. The fraction of sp³-hybridized carbons (Fsp3) is 0.467. The average Bonchev–Trinajstić information content (AvgIpc) is 3.53. The molecule has 0 aliphatic rings. The van der Waals surface area contributed by atoms with E-state index >= 15 is 0 Å². The van der Waals surface area contributed by atoms with Gasteiger partial charge in [0.15, 0.2) is 11.3 Å². The van der Waals surface area contributed by atoms with E-state index in [0.29, 0.717) is 5.92 Å². The molecule has 10 heteroatoms. The molecule has 1 aromatic carbocycles. The van der Waals surface area contributed by atoms with Crippen LogP contribution in [0.3, 0.4) is 0 Å². The first kappa shape index (κ1) is 31.7. The van der Waals surface area contributed by atoms with Crippen molar-refractivity contribution in [2.45, 2.75) is 72.5 Å². The van der Waals surface area contributed by atoms with E-state index in [1.54, 1.807) is 24.2 Å². The number of hydrogen-bond donors (Lipinski definition) is 2. The van der Waals surface area contributed by atoms with Gasteiger partial charge in [-0.1, -0.05) is 52.0 Å². The zero-order valence-electron chi connectivity index (χ0n) is 24.4. The molecule has 2 heterocycles. The second-order valence-corrected chi connectivity index (χ2v) is 13.5. The molecule has 2 N–H and O–H groups in total. The summed E-state index contributed by atoms with van der Waals surface area (Å²) in [6, 6.07) is 13.0. The van der Waals surface area contributed by atoms with Crippen LogP contribution in [0, 0.1) is 11.8 Å². The molecule has 0 spiro atoms. The SMILES string of the molecule is COC(=O)C(NCc1ccc(-c2cc(CC(C)C)sc2N(S(=O)O)C(C)(C)C)cc1)(C(=O)c1ccco1)C(C)C. The van der Waals surface area contributed by atoms with Gasteiger partial charge in [0, 0.05) is 22.5 Å². The van der Waals surface area contributed by atoms with Crippen molar-refractivity contribution < 1.29 is 27.5 Å². The third-order valence-corrected chi connectivity index (χ3v) is 8.94. The number of benzene rings is 1. The third-order valence-electron chi connectivity index (χ3n) is 6.64. The zero-order valence-corrected chi connectivity index (χ0v) is 26.1. The first-order valence-corrected chi connectivity index (χ1v) is 15.1. The Bertz CT molecular complexity index is 1320. The Kier molecular flexibility index (Phi) is 10.2. The molecule has 2 atom stereocenters. The number of carbonyl (C=O) groups is 2. The van der Waals surface area contributed by atoms with E-state index in [0.717, 1.165) is 33.0 Å². The highest BCUT2D eigenvalue weighted by molar-refractivity contribution is 7.81. The summed E-state index contributed by atoms with van der Waals surface area (Å²) in [5, 5.41) is 3.91. The van der Waals surface area contributed by atoms with Crippen LogP contribution < -0.4 is 9.62 Å². The number of rotatable bonds is 12. The van der Waals surface area contributed by atoms with Gasteiger partial charge in [-0.05, 0) is 68.4 Å². The topological polar surface area (TPSA) is 109 Å². The highest BCUT2D eigenvalue weighted by atomic mass is 32.2. The summed E-state index contributed by atoms with van der Waals surface area (Å²) in [5.41, 5.74) is 0.432. The Morgan fingerprint density at radius 1 is 1.12 bits per heavy atom. The van der Waals surface area contributed by atoms with Crippen molar-refractivity contribution in [2.75, 3.05) is 11.4 Å². The summed E-state index contributed by atoms with van der Waals surface area (Å²) >= 11 is -0.664. The highest BCUT2D eigenvalue weighted by Crippen LogP contribution is 2.43. The number of ketones is 1. The van der Waals surface area contributed by atoms with Crippen molar-refractivity contribution in [3.05, 3.63) is 64.9 Å². The predicted molar refractivity (Wildman–Crippen MR) is 161 cm³/mol. The van der Waals surface area contributed by atoms with Gasteiger partial charge >= 0.3 is 5.97 Å². The standard InChI is InChI=1S/C30H40N2O6S2/c1-19(2)16-23-17-24(27(39-23)32(40(35)36)29(5,6)7)22-13-11-21(12-14-22)18-31-30(20(3)4,28(34)37-8)26(33)25-10-9-15-38-25/h9-15,17,19-20,31H,16,18H2,1-8H3,(H,35,36). The summed E-state index contributed by atoms with van der Waals surface area (Å²) in [4.78, 5) is 27.6. The number of ether oxygens (including phenoxy) is 1. The summed E-state index contributed by atoms with van der Waals surface area (Å²) in [6.07, 6.45) is 2.26. The van der Waals surface area contributed by atoms with Gasteiger partial charge in [0.25, 0.3) is 11.3 Å². The Morgan fingerprint density at radius 2 is 1.77 bits per heavy atom. The van der Waals surface area contributed by atoms with Crippen molar-refractivity contribution in [1.29, 1.82) is 0 Å². The molecule has 0 saturated heterocycles. The molecule has 2 unspecified atom stereocenters. The van der Waals surface area contributed by atoms with Crippen LogP contribution in [0.2, 0.25) is 0 Å². The lowest BCUT2D eigenvalue weighted by Crippen LogP contribution is -2.62. The molecule has 40 heavy (non-hydrogen) atoms. The fourth-order valence-electron chi connectivity index (χ4n) is 4.66. The number of nitrogens with zero attached hydrogens (tertiary/aromatic N) is 1. The first-order chi connectivity index (χ1) is 18.7. The predicted octanol–water partition coefficient (Wildman–Crippen LogP) is 6.49. The Hall–Kier alpha value is -2.79. The van der Waals surface area contributed by atoms with E-state index in [1.807, 2.05) is 45.0 Å². The van der Waals surface area contributed by atoms with Gasteiger partial charge in [-0.3, -0.25) is 19.0 Å². The van der Waals surface area contributed by atoms with Crippen molar-refractivity contribution in [2.24, 2.45) is 11.8 Å². The summed E-state index contributed by atoms with van der Waals surface area (Å²) in [5.74, 6) is -1.08. The molecular weight excluding hydrogens is 548 g/mol. The maximum atomic E-state index is 13.4. The number of carbonyl (C=O) groups excluding carboxylic acids is 2. The maximum Gasteiger partial charge on any atom is 0.334 e. The second kappa shape index (κ2) is 12.8. The number of esters is 1. The molecule has 0 saturated carbocycles. The number of furan rings is 1. The molecule has 218 valence electrons. The van der Waals surface area contributed by atoms with Crippen LogP contribution >= 0.6 is 11.3 Å². The van der Waals surface area contributed by atoms with E-state index in [9.17, 15) is 18.4 Å². The van der Waals surface area contributed by atoms with Crippen LogP contribution in [0.1, 0.15) is 69.5 Å². The number of nitrogens with one attached hydrogen (secondary N) is 1. The number of methoxy groups -OCH3 is 1. The van der Waals surface area contributed by atoms with Gasteiger partial charge in [-0.2, -0.15) is 0 Å². The summed E-state index contributed by atoms with van der Waals surface area (Å²) in [6.45, 7) is 13.8. The van der Waals surface area contributed by atoms with Crippen molar-refractivity contribution in [1.82, 2.24) is 5.32 Å². The van der Waals surface area contributed by atoms with Gasteiger partial charge in [0.1, 0.15) is 5.00 Å². The maximum absolute atomic E-state index is 13.4. The van der Waals surface area contributed by atoms with Crippen LogP contribution in [0.5, 0.6) is 0 Å². The number of hydrogen-bond acceptors (Lipinski definition) is 7. The minimum Gasteiger partial charge on any atom is -0.467 e. The van der Waals surface area contributed by atoms with Gasteiger partial charge in [-0.25, -0.2) is 9.00 Å². The van der Waals surface area contributed by atoms with Crippen molar-refractivity contribution in [3.8, 4) is 11.1 Å². The van der Waals surface area contributed by atoms with Crippen LogP contribution in [0.4, 0.5) is 5.00 Å². The van der Waals surface area contributed by atoms with Gasteiger partial charge < -0.3 is 9.15 Å². The summed E-state index contributed by atoms with van der Waals surface area (Å²) in [7, 11) is 1.26. The van der Waals surface area contributed by atoms with Crippen LogP contribution in [-0.4, -0.2) is 38.7 Å². The van der Waals surface area contributed by atoms with E-state index in [2.05, 4.69) is 25.2 Å². The first-order valence-electron chi connectivity index (χ1n) is 13.3. The lowest BCUT2D eigenvalue weighted by Gasteiger charge is -2.33. The quantitative estimate of drug-likeness (QED) is 0.108. The van der Waals surface area contributed by atoms with Gasteiger partial charge in [0.2, 0.25) is 5.78 Å². The molecule has 3 rings (SSSR count). The molecule has 0 bridgehead atoms. The second-order valence-electron chi connectivity index (χ2n) is 11.5. The largest absolute Gasteiger partial charge is 0.467 e. The minimum absolute atomic E-state index is 0.0776. The van der Waals surface area contributed by atoms with E-state index in [4.69, 9.17) is 9.15 Å². The minimum atomic E-state index is -2.20. The van der Waals surface area contributed by atoms with E-state index < -0.39 is 40.0 Å². The molecule has 0 aliphatic carbocycles. The molecule has 8 nitrogen and oxygen atoms in total. The molecule has 0 aliphatic heterocycles. The van der Waals surface area contributed by atoms with Crippen molar-refractivity contribution in [3.63, 3.8) is 0 Å². The van der Waals surface area contributed by atoms with E-state index in [-0.39, 0.29) is 12.3 Å². The lowest BCUT2D eigenvalue weighted by molar-refractivity contribution is -0.148.